The van der Waals surface area contributed by atoms with Gasteiger partial charge in [-0.15, -0.1) is 22.7 Å². The molecular formula is C23H14N4OS3. The fraction of sp³-hybridized carbons (Fsp3) is 0.0435. The molecular weight excluding hydrogens is 444 g/mol. The molecule has 0 atom stereocenters. The summed E-state index contributed by atoms with van der Waals surface area (Å²) < 4.78 is 1.61. The molecule has 8 heteroatoms. The van der Waals surface area contributed by atoms with Gasteiger partial charge in [0.05, 0.1) is 38.8 Å². The van der Waals surface area contributed by atoms with E-state index in [-0.39, 0.29) is 5.56 Å². The number of hydrogen-bond donors (Lipinski definition) is 0. The van der Waals surface area contributed by atoms with Gasteiger partial charge in [-0.1, -0.05) is 30.0 Å². The van der Waals surface area contributed by atoms with Crippen LogP contribution in [0.2, 0.25) is 0 Å². The van der Waals surface area contributed by atoms with E-state index in [0.717, 1.165) is 15.6 Å². The molecule has 0 aliphatic rings. The van der Waals surface area contributed by atoms with Crippen molar-refractivity contribution in [2.45, 2.75) is 10.9 Å². The van der Waals surface area contributed by atoms with Crippen molar-refractivity contribution < 1.29 is 0 Å². The lowest BCUT2D eigenvalue weighted by Gasteiger charge is -2.13. The summed E-state index contributed by atoms with van der Waals surface area (Å²) in [4.78, 5) is 24.0. The van der Waals surface area contributed by atoms with Crippen LogP contribution in [0.3, 0.4) is 0 Å². The first-order chi connectivity index (χ1) is 15.2. The van der Waals surface area contributed by atoms with E-state index in [2.05, 4.69) is 12.1 Å². The van der Waals surface area contributed by atoms with Gasteiger partial charge in [-0.2, -0.15) is 5.26 Å². The summed E-state index contributed by atoms with van der Waals surface area (Å²) >= 11 is 4.77. The highest BCUT2D eigenvalue weighted by Gasteiger charge is 2.14. The largest absolute Gasteiger partial charge is 0.268 e. The third-order valence-corrected chi connectivity index (χ3v) is 7.53. The third-order valence-electron chi connectivity index (χ3n) is 4.63. The van der Waals surface area contributed by atoms with Crippen molar-refractivity contribution in [1.82, 2.24) is 14.5 Å². The molecule has 0 amide bonds. The number of nitrogens with zero attached hydrogens (tertiary/aromatic N) is 4. The van der Waals surface area contributed by atoms with Crippen LogP contribution >= 0.6 is 34.4 Å². The zero-order chi connectivity index (χ0) is 21.2. The molecule has 0 saturated heterocycles. The number of aromatic nitrogens is 3. The molecule has 5 aromatic rings. The van der Waals surface area contributed by atoms with Crippen molar-refractivity contribution in [3.8, 4) is 21.6 Å². The molecule has 0 N–H and O–H groups in total. The maximum atomic E-state index is 13.3. The van der Waals surface area contributed by atoms with Crippen LogP contribution in [0.5, 0.6) is 0 Å². The average molecular weight is 459 g/mol. The second-order valence-corrected chi connectivity index (χ2v) is 9.37. The van der Waals surface area contributed by atoms with Gasteiger partial charge in [0.15, 0.2) is 5.16 Å². The minimum absolute atomic E-state index is 0.129. The van der Waals surface area contributed by atoms with Crippen molar-refractivity contribution in [3.63, 3.8) is 0 Å². The van der Waals surface area contributed by atoms with Crippen molar-refractivity contribution in [2.75, 3.05) is 0 Å². The fourth-order valence-corrected chi connectivity index (χ4v) is 5.79. The lowest BCUT2D eigenvalue weighted by molar-refractivity contribution is 0.819. The Morgan fingerprint density at radius 2 is 1.84 bits per heavy atom. The van der Waals surface area contributed by atoms with Crippen molar-refractivity contribution in [2.24, 2.45) is 0 Å². The van der Waals surface area contributed by atoms with Crippen LogP contribution < -0.4 is 5.56 Å². The molecule has 0 saturated carbocycles. The summed E-state index contributed by atoms with van der Waals surface area (Å²) in [5.41, 5.74) is 2.71. The summed E-state index contributed by atoms with van der Waals surface area (Å²) in [5, 5.41) is 15.3. The van der Waals surface area contributed by atoms with Gasteiger partial charge in [-0.3, -0.25) is 9.36 Å². The topological polar surface area (TPSA) is 71.6 Å². The Balaban J connectivity index is 1.54. The van der Waals surface area contributed by atoms with E-state index < -0.39 is 0 Å². The van der Waals surface area contributed by atoms with E-state index in [1.807, 2.05) is 35.0 Å². The third kappa shape index (κ3) is 3.91. The van der Waals surface area contributed by atoms with Crippen LogP contribution in [0.15, 0.2) is 81.4 Å². The van der Waals surface area contributed by atoms with Gasteiger partial charge in [0, 0.05) is 11.1 Å². The predicted octanol–water partition coefficient (Wildman–Crippen LogP) is 5.73. The molecule has 0 aliphatic carbocycles. The standard InChI is InChI=1S/C23H14N4OS3/c24-12-15-7-9-17(10-8-15)27-22(28)18-4-1-2-5-19(18)26-23(27)31-14-16-13-30-21(25-16)20-6-3-11-29-20/h1-11,13H,14H2. The highest BCUT2D eigenvalue weighted by atomic mass is 32.2. The lowest BCUT2D eigenvalue weighted by Crippen LogP contribution is -2.21. The van der Waals surface area contributed by atoms with E-state index in [1.54, 1.807) is 57.6 Å². The molecule has 3 heterocycles. The number of fused-ring (bicyclic) bond motifs is 1. The quantitative estimate of drug-likeness (QED) is 0.248. The lowest BCUT2D eigenvalue weighted by atomic mass is 10.2. The first-order valence-electron chi connectivity index (χ1n) is 9.36. The molecule has 2 aromatic carbocycles. The van der Waals surface area contributed by atoms with Crippen LogP contribution in [0.4, 0.5) is 0 Å². The monoisotopic (exact) mass is 458 g/mol. The van der Waals surface area contributed by atoms with Gasteiger partial charge < -0.3 is 0 Å². The van der Waals surface area contributed by atoms with Crippen LogP contribution in [0, 0.1) is 11.3 Å². The van der Waals surface area contributed by atoms with E-state index in [4.69, 9.17) is 15.2 Å². The Morgan fingerprint density at radius 3 is 2.61 bits per heavy atom. The second kappa shape index (κ2) is 8.47. The van der Waals surface area contributed by atoms with Crippen LogP contribution in [-0.4, -0.2) is 14.5 Å². The number of thiazole rings is 1. The first kappa shape index (κ1) is 19.7. The Labute approximate surface area is 190 Å². The molecule has 0 spiro atoms. The molecule has 0 fully saturated rings. The Kier molecular flexibility index (Phi) is 5.38. The molecule has 3 aromatic heterocycles. The van der Waals surface area contributed by atoms with E-state index in [1.165, 1.54) is 11.8 Å². The molecule has 0 bridgehead atoms. The number of rotatable bonds is 5. The first-order valence-corrected chi connectivity index (χ1v) is 12.1. The number of thioether (sulfide) groups is 1. The van der Waals surface area contributed by atoms with Gasteiger partial charge >= 0.3 is 0 Å². The van der Waals surface area contributed by atoms with Crippen LogP contribution in [-0.2, 0) is 5.75 Å². The maximum absolute atomic E-state index is 13.3. The Morgan fingerprint density at radius 1 is 1.00 bits per heavy atom. The molecule has 0 radical (unpaired) electrons. The molecule has 0 unspecified atom stereocenters. The van der Waals surface area contributed by atoms with Gasteiger partial charge in [-0.05, 0) is 47.8 Å². The molecule has 31 heavy (non-hydrogen) atoms. The highest BCUT2D eigenvalue weighted by molar-refractivity contribution is 7.98. The van der Waals surface area contributed by atoms with Crippen molar-refractivity contribution in [3.05, 3.63) is 93.0 Å². The summed E-state index contributed by atoms with van der Waals surface area (Å²) in [7, 11) is 0. The van der Waals surface area contributed by atoms with Crippen molar-refractivity contribution in [1.29, 1.82) is 5.26 Å². The SMILES string of the molecule is N#Cc1ccc(-n2c(SCc3csc(-c4cccs4)n3)nc3ccccc3c2=O)cc1. The summed E-state index contributed by atoms with van der Waals surface area (Å²) in [6.07, 6.45) is 0. The average Bonchev–Trinajstić information content (AvgIpc) is 3.50. The van der Waals surface area contributed by atoms with Gasteiger partial charge in [0.1, 0.15) is 5.01 Å². The maximum Gasteiger partial charge on any atom is 0.266 e. The van der Waals surface area contributed by atoms with Crippen LogP contribution in [0.25, 0.3) is 26.5 Å². The molecule has 150 valence electrons. The van der Waals surface area contributed by atoms with E-state index >= 15 is 0 Å². The number of benzene rings is 2. The number of para-hydroxylation sites is 1. The van der Waals surface area contributed by atoms with Gasteiger partial charge in [-0.25, -0.2) is 9.97 Å². The van der Waals surface area contributed by atoms with E-state index in [0.29, 0.717) is 33.1 Å². The predicted molar refractivity (Wildman–Crippen MR) is 127 cm³/mol. The molecule has 5 nitrogen and oxygen atoms in total. The summed E-state index contributed by atoms with van der Waals surface area (Å²) in [6.45, 7) is 0. The summed E-state index contributed by atoms with van der Waals surface area (Å²) in [6, 6.07) is 20.5. The normalized spacial score (nSPS) is 10.9. The smallest absolute Gasteiger partial charge is 0.266 e. The Hall–Kier alpha value is -3.25. The Bertz CT molecular complexity index is 1460. The van der Waals surface area contributed by atoms with Crippen LogP contribution in [0.1, 0.15) is 11.3 Å². The van der Waals surface area contributed by atoms with Gasteiger partial charge in [0.2, 0.25) is 0 Å². The second-order valence-electron chi connectivity index (χ2n) is 6.62. The zero-order valence-electron chi connectivity index (χ0n) is 16.1. The number of hydrogen-bond acceptors (Lipinski definition) is 7. The fourth-order valence-electron chi connectivity index (χ4n) is 3.15. The van der Waals surface area contributed by atoms with Gasteiger partial charge in [0.25, 0.3) is 5.56 Å². The minimum atomic E-state index is -0.129. The highest BCUT2D eigenvalue weighted by Crippen LogP contribution is 2.30. The zero-order valence-corrected chi connectivity index (χ0v) is 18.5. The molecule has 5 rings (SSSR count). The number of nitriles is 1. The summed E-state index contributed by atoms with van der Waals surface area (Å²) in [5.74, 6) is 0.600. The van der Waals surface area contributed by atoms with E-state index in [9.17, 15) is 4.79 Å². The minimum Gasteiger partial charge on any atom is -0.268 e. The molecule has 0 aliphatic heterocycles. The van der Waals surface area contributed by atoms with Crippen molar-refractivity contribution >= 4 is 45.3 Å². The number of thiophene rings is 1.